The number of alkyl halides is 3. The molecular weight excluding hydrogens is 1220 g/mol. The highest BCUT2D eigenvalue weighted by atomic mass is 35.5. The largest absolute Gasteiger partial charge is 0.417 e. The van der Waals surface area contributed by atoms with Crippen LogP contribution >= 0.6 is 11.6 Å². The lowest BCUT2D eigenvalue weighted by Crippen LogP contribution is -2.64. The number of nitrogens with one attached hydrogen (secondary N) is 4. The van der Waals surface area contributed by atoms with E-state index >= 15 is 9.59 Å². The van der Waals surface area contributed by atoms with Gasteiger partial charge in [0.15, 0.2) is 0 Å². The van der Waals surface area contributed by atoms with Crippen LogP contribution in [0.3, 0.4) is 0 Å². The van der Waals surface area contributed by atoms with Gasteiger partial charge in [0.25, 0.3) is 0 Å². The zero-order chi connectivity index (χ0) is 68.1. The van der Waals surface area contributed by atoms with E-state index in [1.165, 1.54) is 72.9 Å². The average molecular weight is 1320 g/mol. The third-order valence-corrected chi connectivity index (χ3v) is 20.3. The van der Waals surface area contributed by atoms with Gasteiger partial charge in [-0.3, -0.25) is 52.7 Å². The number of aryl methyl sites for hydroxylation is 1. The number of rotatable bonds is 11. The van der Waals surface area contributed by atoms with Crippen molar-refractivity contribution in [3.8, 4) is 0 Å². The fraction of sp³-hybridized carbons (Fsp3) is 0.742. The number of nitrogens with zero attached hydrogens (tertiary/aromatic N) is 7. The maximum atomic E-state index is 15.0. The molecule has 3 aliphatic carbocycles. The Morgan fingerprint density at radius 3 is 1.84 bits per heavy atom. The van der Waals surface area contributed by atoms with Gasteiger partial charge in [0.05, 0.1) is 30.2 Å². The van der Waals surface area contributed by atoms with E-state index in [9.17, 15) is 56.3 Å². The second-order valence-corrected chi connectivity index (χ2v) is 27.7. The highest BCUT2D eigenvalue weighted by Gasteiger charge is 2.50. The Labute approximate surface area is 545 Å². The molecule has 1 aromatic carbocycles. The van der Waals surface area contributed by atoms with Crippen molar-refractivity contribution < 1.29 is 65.9 Å². The average Bonchev–Trinajstić information content (AvgIpc) is 1.55. The number of hydrogen-bond acceptors (Lipinski definition) is 11. The summed E-state index contributed by atoms with van der Waals surface area (Å²) in [6.45, 7) is 7.29. The van der Waals surface area contributed by atoms with E-state index in [1.807, 2.05) is 6.92 Å². The van der Waals surface area contributed by atoms with Crippen LogP contribution in [0.15, 0.2) is 18.2 Å². The molecule has 0 radical (unpaired) electrons. The second-order valence-electron chi connectivity index (χ2n) is 27.3. The number of amides is 11. The van der Waals surface area contributed by atoms with Crippen molar-refractivity contribution in [1.82, 2.24) is 55.6 Å². The van der Waals surface area contributed by atoms with E-state index in [1.54, 1.807) is 27.7 Å². The summed E-state index contributed by atoms with van der Waals surface area (Å²) in [6.07, 6.45) is 5.88. The summed E-state index contributed by atoms with van der Waals surface area (Å²) in [5.41, 5.74) is -2.24. The Bertz CT molecular complexity index is 2830. The first kappa shape index (κ1) is 74.5. The number of carbonyl (C=O) groups is 11. The monoisotopic (exact) mass is 1320 g/mol. The first-order valence-electron chi connectivity index (χ1n) is 33.2. The highest BCUT2D eigenvalue weighted by Crippen LogP contribution is 2.37. The van der Waals surface area contributed by atoms with Crippen LogP contribution in [0.5, 0.6) is 0 Å². The minimum Gasteiger partial charge on any atom is -0.351 e. The van der Waals surface area contributed by atoms with Crippen LogP contribution in [-0.4, -0.2) is 216 Å². The predicted molar refractivity (Wildman–Crippen MR) is 340 cm³/mol. The van der Waals surface area contributed by atoms with Gasteiger partial charge in [0, 0.05) is 61.3 Å². The molecule has 11 amide bonds. The zero-order valence-electron chi connectivity index (χ0n) is 55.9. The van der Waals surface area contributed by atoms with Crippen molar-refractivity contribution in [2.45, 2.75) is 223 Å². The fourth-order valence-corrected chi connectivity index (χ4v) is 14.1. The summed E-state index contributed by atoms with van der Waals surface area (Å²) >= 11 is 6.12. The van der Waals surface area contributed by atoms with Crippen LogP contribution in [0.1, 0.15) is 174 Å². The van der Waals surface area contributed by atoms with Crippen molar-refractivity contribution in [2.75, 3.05) is 68.5 Å². The lowest BCUT2D eigenvalue weighted by molar-refractivity contribution is -0.149. The van der Waals surface area contributed by atoms with Gasteiger partial charge in [0.2, 0.25) is 65.0 Å². The molecule has 2 saturated heterocycles. The topological polar surface area (TPSA) is 259 Å². The molecule has 1 aromatic rings. The molecule has 22 nitrogen and oxygen atoms in total. The first-order chi connectivity index (χ1) is 43.3. The van der Waals surface area contributed by atoms with Gasteiger partial charge in [0.1, 0.15) is 41.8 Å². The van der Waals surface area contributed by atoms with Crippen LogP contribution in [0.2, 0.25) is 5.02 Å². The SMILES string of the molecule is CC[C@H](C)[C@@H]1NC(=O)[C@H](CCC2CCC2)N(C)C(=O)C[C@@H](C)NC(=O)[C@H](C(C)C)N(C)C(=O)C2(CCCC2)NC(=O)C2CCCN2C(=O)[C@H](CCc2ccc(C(F)(F)F)c(Cl)c2)NC(=O)CN(C)C(=O)[C@H](CC2CCCCC2)N(C)C(=O)CN(C)C(=O)CN(C)C1=O. The predicted octanol–water partition coefficient (Wildman–Crippen LogP) is 5.70. The molecule has 5 fully saturated rings. The fourth-order valence-electron chi connectivity index (χ4n) is 13.8. The van der Waals surface area contributed by atoms with Crippen molar-refractivity contribution in [3.05, 3.63) is 34.3 Å². The van der Waals surface area contributed by atoms with Crippen molar-refractivity contribution in [2.24, 2.45) is 23.7 Å². The summed E-state index contributed by atoms with van der Waals surface area (Å²) in [7, 11) is 8.64. The van der Waals surface area contributed by atoms with Crippen molar-refractivity contribution in [3.63, 3.8) is 0 Å². The molecule has 1 spiro atoms. The van der Waals surface area contributed by atoms with Crippen molar-refractivity contribution in [1.29, 1.82) is 0 Å². The molecule has 92 heavy (non-hydrogen) atoms. The Morgan fingerprint density at radius 2 is 1.24 bits per heavy atom. The quantitative estimate of drug-likeness (QED) is 0.209. The molecule has 4 N–H and O–H groups in total. The van der Waals surface area contributed by atoms with Crippen LogP contribution < -0.4 is 21.3 Å². The van der Waals surface area contributed by atoms with Gasteiger partial charge in [-0.15, -0.1) is 0 Å². The Morgan fingerprint density at radius 1 is 0.620 bits per heavy atom. The number of halogens is 4. The van der Waals surface area contributed by atoms with Gasteiger partial charge in [-0.2, -0.15) is 13.2 Å². The number of fused-ring (bicyclic) bond motifs is 1. The molecular formula is C66H101ClF3N11O11. The van der Waals surface area contributed by atoms with Gasteiger partial charge >= 0.3 is 6.18 Å². The summed E-state index contributed by atoms with van der Waals surface area (Å²) in [5, 5.41) is 11.1. The molecule has 3 saturated carbocycles. The maximum absolute atomic E-state index is 15.0. The smallest absolute Gasteiger partial charge is 0.351 e. The van der Waals surface area contributed by atoms with E-state index in [4.69, 9.17) is 11.6 Å². The molecule has 26 heteroatoms. The first-order valence-corrected chi connectivity index (χ1v) is 33.6. The van der Waals surface area contributed by atoms with E-state index in [-0.39, 0.29) is 57.4 Å². The molecule has 2 heterocycles. The Hall–Kier alpha value is -6.53. The van der Waals surface area contributed by atoms with E-state index in [2.05, 4.69) is 21.3 Å². The Balaban J connectivity index is 1.35. The van der Waals surface area contributed by atoms with E-state index in [0.29, 0.717) is 50.0 Å². The van der Waals surface area contributed by atoms with E-state index in [0.717, 1.165) is 73.3 Å². The molecule has 8 atom stereocenters. The van der Waals surface area contributed by atoms with Crippen LogP contribution in [0.25, 0.3) is 0 Å². The maximum Gasteiger partial charge on any atom is 0.417 e. The lowest BCUT2D eigenvalue weighted by atomic mass is 9.81. The third kappa shape index (κ3) is 19.1. The zero-order valence-corrected chi connectivity index (χ0v) is 56.6. The standard InChI is InChI=1S/C66H101ClF3N11O11/c1-12-41(4)56-63(91)77(8)38-54(84)75(6)39-55(85)79(10)51(36-44-20-14-13-15-21-44)62(90)76(7)37-52(82)72-48(29-26-45-25-28-46(47(67)35-45)66(68,69)70)61(89)81-33-19-24-50(81)59(87)74-65(31-16-17-32-65)64(92)80(11)57(40(2)3)60(88)71-42(5)34-53(83)78(9)49(58(86)73-56)30-27-43-22-18-23-43/h25,28,35,40-44,48-51,56-57H,12-24,26-27,29-34,36-39H2,1-11H3,(H,71,88)(H,72,82)(H,73,86)(H,74,87)/t41-,42+,48-,49-,50?,51-,56-,57-/m0/s1. The summed E-state index contributed by atoms with van der Waals surface area (Å²) in [6, 6.07) is -4.49. The minimum atomic E-state index is -4.74. The molecule has 6 rings (SSSR count). The van der Waals surface area contributed by atoms with Crippen LogP contribution in [0.4, 0.5) is 13.2 Å². The van der Waals surface area contributed by atoms with Gasteiger partial charge < -0.3 is 55.6 Å². The lowest BCUT2D eigenvalue weighted by Gasteiger charge is -2.39. The summed E-state index contributed by atoms with van der Waals surface area (Å²) < 4.78 is 41.3. The second kappa shape index (κ2) is 33.0. The molecule has 5 aliphatic rings. The van der Waals surface area contributed by atoms with Crippen LogP contribution in [0, 0.1) is 23.7 Å². The van der Waals surface area contributed by atoms with E-state index < -0.39 is 161 Å². The number of likely N-dealkylation sites (N-methyl/N-ethyl adjacent to an activating group) is 6. The molecule has 0 aromatic heterocycles. The third-order valence-electron chi connectivity index (χ3n) is 20.0. The minimum absolute atomic E-state index is 0.0361. The molecule has 1 unspecified atom stereocenters. The van der Waals surface area contributed by atoms with Crippen LogP contribution in [-0.2, 0) is 65.3 Å². The normalized spacial score (nSPS) is 26.9. The summed E-state index contributed by atoms with van der Waals surface area (Å²) in [4.78, 5) is 169. The molecule has 0 bridgehead atoms. The van der Waals surface area contributed by atoms with Gasteiger partial charge in [-0.05, 0) is 106 Å². The van der Waals surface area contributed by atoms with Gasteiger partial charge in [-0.1, -0.05) is 116 Å². The Kier molecular flexibility index (Phi) is 26.8. The number of carbonyl (C=O) groups excluding carboxylic acids is 11. The van der Waals surface area contributed by atoms with Gasteiger partial charge in [-0.25, -0.2) is 0 Å². The molecule has 2 aliphatic heterocycles. The molecule has 514 valence electrons. The number of hydrogen-bond donors (Lipinski definition) is 4. The van der Waals surface area contributed by atoms with Crippen molar-refractivity contribution >= 4 is 76.6 Å². The number of benzene rings is 1. The highest BCUT2D eigenvalue weighted by molar-refractivity contribution is 6.31. The summed E-state index contributed by atoms with van der Waals surface area (Å²) in [5.74, 6) is -7.19.